The van der Waals surface area contributed by atoms with E-state index in [9.17, 15) is 14.4 Å². The van der Waals surface area contributed by atoms with Crippen molar-refractivity contribution in [2.45, 2.75) is 19.3 Å². The second-order valence-electron chi connectivity index (χ2n) is 9.13. The summed E-state index contributed by atoms with van der Waals surface area (Å²) in [6.45, 7) is 2.37. The molecule has 2 amide bonds. The largest absolute Gasteiger partial charge is 0.478 e. The first-order valence-electron chi connectivity index (χ1n) is 11.7. The predicted octanol–water partition coefficient (Wildman–Crippen LogP) is 4.81. The van der Waals surface area contributed by atoms with Gasteiger partial charge in [0.2, 0.25) is 5.91 Å². The number of hydrogen-bond acceptors (Lipinski definition) is 4. The Bertz CT molecular complexity index is 1270. The molecule has 5 rings (SSSR count). The molecule has 7 heteroatoms. The van der Waals surface area contributed by atoms with E-state index in [1.54, 1.807) is 13.0 Å². The Morgan fingerprint density at radius 1 is 0.971 bits per heavy atom. The van der Waals surface area contributed by atoms with Gasteiger partial charge in [0.25, 0.3) is 0 Å². The third-order valence-electron chi connectivity index (χ3n) is 6.84. The van der Waals surface area contributed by atoms with Crippen LogP contribution in [0.2, 0.25) is 0 Å². The molecule has 1 saturated carbocycles. The lowest BCUT2D eigenvalue weighted by Crippen LogP contribution is -2.29. The van der Waals surface area contributed by atoms with Crippen LogP contribution in [0.4, 0.5) is 10.5 Å². The van der Waals surface area contributed by atoms with E-state index in [1.165, 1.54) is 23.3 Å². The number of aromatic carboxylic acids is 1. The molecular weight excluding hydrogens is 444 g/mol. The second-order valence-corrected chi connectivity index (χ2v) is 9.13. The summed E-state index contributed by atoms with van der Waals surface area (Å²) in [7, 11) is 0. The molecule has 0 spiro atoms. The van der Waals surface area contributed by atoms with Crippen LogP contribution in [0.1, 0.15) is 39.4 Å². The normalized spacial score (nSPS) is 17.7. The van der Waals surface area contributed by atoms with E-state index in [1.807, 2.05) is 24.3 Å². The van der Waals surface area contributed by atoms with E-state index < -0.39 is 12.1 Å². The Kier molecular flexibility index (Phi) is 5.99. The zero-order valence-electron chi connectivity index (χ0n) is 19.3. The van der Waals surface area contributed by atoms with Gasteiger partial charge >= 0.3 is 12.1 Å². The van der Waals surface area contributed by atoms with Crippen molar-refractivity contribution in [2.75, 3.05) is 18.5 Å². The van der Waals surface area contributed by atoms with Gasteiger partial charge in [-0.1, -0.05) is 48.5 Å². The van der Waals surface area contributed by atoms with Gasteiger partial charge in [-0.2, -0.15) is 0 Å². The van der Waals surface area contributed by atoms with Gasteiger partial charge in [-0.15, -0.1) is 0 Å². The van der Waals surface area contributed by atoms with Crippen molar-refractivity contribution in [1.29, 1.82) is 0 Å². The highest BCUT2D eigenvalue weighted by molar-refractivity contribution is 5.96. The maximum absolute atomic E-state index is 12.6. The summed E-state index contributed by atoms with van der Waals surface area (Å²) >= 11 is 0. The van der Waals surface area contributed by atoms with Crippen LogP contribution >= 0.6 is 0 Å². The number of fused-ring (bicyclic) bond motifs is 3. The lowest BCUT2D eigenvalue weighted by Gasteiger charge is -2.14. The summed E-state index contributed by atoms with van der Waals surface area (Å²) in [6, 6.07) is 21.0. The number of rotatable bonds is 7. The van der Waals surface area contributed by atoms with Gasteiger partial charge in [0, 0.05) is 24.1 Å². The summed E-state index contributed by atoms with van der Waals surface area (Å²) in [5, 5.41) is 14.7. The first-order valence-corrected chi connectivity index (χ1v) is 11.7. The molecule has 2 aliphatic rings. The van der Waals surface area contributed by atoms with Gasteiger partial charge in [-0.3, -0.25) is 4.79 Å². The number of hydrogen-bond donors (Lipinski definition) is 3. The van der Waals surface area contributed by atoms with Gasteiger partial charge in [0.05, 0.1) is 5.56 Å². The Morgan fingerprint density at radius 3 is 2.26 bits per heavy atom. The lowest BCUT2D eigenvalue weighted by molar-refractivity contribution is -0.117. The summed E-state index contributed by atoms with van der Waals surface area (Å²) in [6.07, 6.45) is 0.194. The lowest BCUT2D eigenvalue weighted by atomic mass is 9.98. The number of carbonyl (C=O) groups is 3. The van der Waals surface area contributed by atoms with Crippen LogP contribution in [-0.2, 0) is 9.53 Å². The molecular formula is C28H26N2O5. The van der Waals surface area contributed by atoms with Gasteiger partial charge in [0.1, 0.15) is 6.61 Å². The molecule has 178 valence electrons. The fourth-order valence-electron chi connectivity index (χ4n) is 4.82. The zero-order valence-corrected chi connectivity index (χ0v) is 19.3. The number of alkyl carbamates (subject to hydrolysis) is 1. The summed E-state index contributed by atoms with van der Waals surface area (Å²) in [5.74, 6) is -1.28. The van der Waals surface area contributed by atoms with Crippen LogP contribution in [0.25, 0.3) is 11.1 Å². The molecule has 2 atom stereocenters. The SMILES string of the molecule is Cc1cc(C(=O)O)ccc1NC(=O)C1CC1CNC(=O)OCC1c2ccccc2-c2ccccc21. The standard InChI is InChI=1S/C28H26N2O5/c1-16-12-17(27(32)33)10-11-25(16)30-26(31)23-13-18(23)14-29-28(34)35-15-24-21-8-4-2-6-19(21)20-7-3-5-9-22(20)24/h2-12,18,23-24H,13-15H2,1H3,(H,29,34)(H,30,31)(H,32,33). The van der Waals surface area contributed by atoms with Gasteiger partial charge in [-0.25, -0.2) is 9.59 Å². The van der Waals surface area contributed by atoms with E-state index in [-0.39, 0.29) is 35.8 Å². The molecule has 35 heavy (non-hydrogen) atoms. The highest BCUT2D eigenvalue weighted by atomic mass is 16.5. The van der Waals surface area contributed by atoms with E-state index >= 15 is 0 Å². The van der Waals surface area contributed by atoms with Crippen LogP contribution in [0.3, 0.4) is 0 Å². The van der Waals surface area contributed by atoms with E-state index in [2.05, 4.69) is 34.9 Å². The first-order chi connectivity index (χ1) is 16.9. The number of nitrogens with one attached hydrogen (secondary N) is 2. The third kappa shape index (κ3) is 4.62. The molecule has 2 unspecified atom stereocenters. The summed E-state index contributed by atoms with van der Waals surface area (Å²) in [4.78, 5) is 36.0. The average molecular weight is 471 g/mol. The molecule has 2 aliphatic carbocycles. The van der Waals surface area contributed by atoms with Crippen molar-refractivity contribution in [3.63, 3.8) is 0 Å². The minimum absolute atomic E-state index is 0.00311. The van der Waals surface area contributed by atoms with Crippen LogP contribution in [-0.4, -0.2) is 36.2 Å². The van der Waals surface area contributed by atoms with E-state index in [4.69, 9.17) is 9.84 Å². The Labute approximate surface area is 203 Å². The Hall–Kier alpha value is -4.13. The zero-order chi connectivity index (χ0) is 24.5. The maximum Gasteiger partial charge on any atom is 0.407 e. The number of carbonyl (C=O) groups excluding carboxylic acids is 2. The molecule has 0 radical (unpaired) electrons. The molecule has 0 bridgehead atoms. The predicted molar refractivity (Wildman–Crippen MR) is 131 cm³/mol. The number of anilines is 1. The first kappa shape index (κ1) is 22.7. The van der Waals surface area contributed by atoms with Crippen LogP contribution < -0.4 is 10.6 Å². The van der Waals surface area contributed by atoms with Gasteiger partial charge in [-0.05, 0) is 65.3 Å². The van der Waals surface area contributed by atoms with Crippen LogP contribution in [0.15, 0.2) is 66.7 Å². The maximum atomic E-state index is 12.6. The average Bonchev–Trinajstić information content (AvgIpc) is 3.58. The van der Waals surface area contributed by atoms with Crippen LogP contribution in [0.5, 0.6) is 0 Å². The second kappa shape index (κ2) is 9.25. The summed E-state index contributed by atoms with van der Waals surface area (Å²) in [5.41, 5.74) is 6.13. The highest BCUT2D eigenvalue weighted by Gasteiger charge is 2.43. The third-order valence-corrected chi connectivity index (χ3v) is 6.84. The van der Waals surface area contributed by atoms with E-state index in [0.29, 0.717) is 24.2 Å². The minimum atomic E-state index is -1.01. The molecule has 3 N–H and O–H groups in total. The molecule has 3 aromatic carbocycles. The Morgan fingerprint density at radius 2 is 1.63 bits per heavy atom. The fraction of sp³-hybridized carbons (Fsp3) is 0.250. The molecule has 1 fully saturated rings. The van der Waals surface area contributed by atoms with Crippen LogP contribution in [0, 0.1) is 18.8 Å². The topological polar surface area (TPSA) is 105 Å². The fourth-order valence-corrected chi connectivity index (χ4v) is 4.82. The molecule has 0 aromatic heterocycles. The number of aryl methyl sites for hydroxylation is 1. The quantitative estimate of drug-likeness (QED) is 0.460. The summed E-state index contributed by atoms with van der Waals surface area (Å²) < 4.78 is 5.56. The minimum Gasteiger partial charge on any atom is -0.478 e. The van der Waals surface area contributed by atoms with Crippen molar-refractivity contribution < 1.29 is 24.2 Å². The van der Waals surface area contributed by atoms with Crippen molar-refractivity contribution in [3.05, 3.63) is 89.0 Å². The van der Waals surface area contributed by atoms with Crippen molar-refractivity contribution in [1.82, 2.24) is 5.32 Å². The number of amides is 2. The Balaban J connectivity index is 1.10. The van der Waals surface area contributed by atoms with Gasteiger partial charge < -0.3 is 20.5 Å². The number of carboxylic acids is 1. The van der Waals surface area contributed by atoms with Crippen molar-refractivity contribution >= 4 is 23.7 Å². The molecule has 3 aromatic rings. The van der Waals surface area contributed by atoms with Gasteiger partial charge in [0.15, 0.2) is 0 Å². The molecule has 0 aliphatic heterocycles. The number of ether oxygens (including phenoxy) is 1. The van der Waals surface area contributed by atoms with E-state index in [0.717, 1.165) is 11.1 Å². The highest BCUT2D eigenvalue weighted by Crippen LogP contribution is 2.44. The smallest absolute Gasteiger partial charge is 0.407 e. The molecule has 7 nitrogen and oxygen atoms in total. The van der Waals surface area contributed by atoms with Crippen molar-refractivity contribution in [2.24, 2.45) is 11.8 Å². The van der Waals surface area contributed by atoms with Crippen molar-refractivity contribution in [3.8, 4) is 11.1 Å². The molecule has 0 saturated heterocycles. The monoisotopic (exact) mass is 470 g/mol. The number of benzene rings is 3. The number of carboxylic acid groups (broad SMARTS) is 1. The molecule has 0 heterocycles.